The first-order chi connectivity index (χ1) is 14.4. The number of carbonyl (C=O) groups is 2. The number of fused-ring (bicyclic) bond motifs is 1. The molecule has 0 fully saturated rings. The lowest BCUT2D eigenvalue weighted by molar-refractivity contribution is 0.0737. The van der Waals surface area contributed by atoms with Crippen LogP contribution in [0.4, 0.5) is 0 Å². The second-order valence-electron chi connectivity index (χ2n) is 7.36. The Morgan fingerprint density at radius 1 is 1.23 bits per heavy atom. The molecule has 0 aliphatic carbocycles. The molecule has 2 amide bonds. The molecule has 0 bridgehead atoms. The van der Waals surface area contributed by atoms with Crippen molar-refractivity contribution in [2.45, 2.75) is 33.2 Å². The highest BCUT2D eigenvalue weighted by Gasteiger charge is 2.28. The van der Waals surface area contributed by atoms with Crippen LogP contribution in [-0.2, 0) is 26.4 Å². The maximum absolute atomic E-state index is 13.0. The molecular weight excluding hydrogens is 400 g/mol. The number of hydrogen-bond donors (Lipinski definition) is 1. The van der Waals surface area contributed by atoms with E-state index >= 15 is 0 Å². The molecule has 1 aliphatic rings. The van der Waals surface area contributed by atoms with Crippen molar-refractivity contribution < 1.29 is 9.59 Å². The molecule has 8 nitrogen and oxygen atoms in total. The van der Waals surface area contributed by atoms with Gasteiger partial charge in [0, 0.05) is 68.7 Å². The number of nitrogens with zero attached hydrogens (tertiary/aromatic N) is 5. The summed E-state index contributed by atoms with van der Waals surface area (Å²) in [6.07, 6.45) is 4.58. The quantitative estimate of drug-likeness (QED) is 0.677. The number of pyridine rings is 1. The number of aromatic nitrogens is 4. The fourth-order valence-corrected chi connectivity index (χ4v) is 4.70. The minimum Gasteiger partial charge on any atom is -0.352 e. The number of thiazole rings is 1. The van der Waals surface area contributed by atoms with Crippen molar-refractivity contribution in [3.05, 3.63) is 62.6 Å². The van der Waals surface area contributed by atoms with Crippen molar-refractivity contribution >= 4 is 23.2 Å². The monoisotopic (exact) mass is 424 g/mol. The third kappa shape index (κ3) is 3.97. The van der Waals surface area contributed by atoms with E-state index < -0.39 is 0 Å². The van der Waals surface area contributed by atoms with Gasteiger partial charge in [-0.1, -0.05) is 0 Å². The van der Waals surface area contributed by atoms with Gasteiger partial charge in [0.2, 0.25) is 0 Å². The van der Waals surface area contributed by atoms with Crippen molar-refractivity contribution in [3.63, 3.8) is 0 Å². The highest BCUT2D eigenvalue weighted by molar-refractivity contribution is 7.13. The van der Waals surface area contributed by atoms with Crippen LogP contribution < -0.4 is 5.32 Å². The van der Waals surface area contributed by atoms with E-state index in [9.17, 15) is 9.59 Å². The summed E-state index contributed by atoms with van der Waals surface area (Å²) < 4.78 is 1.90. The van der Waals surface area contributed by atoms with Gasteiger partial charge in [-0.2, -0.15) is 5.10 Å². The van der Waals surface area contributed by atoms with Crippen LogP contribution in [0.5, 0.6) is 0 Å². The minimum absolute atomic E-state index is 0.0320. The van der Waals surface area contributed by atoms with Gasteiger partial charge in [-0.15, -0.1) is 11.3 Å². The van der Waals surface area contributed by atoms with E-state index in [0.717, 1.165) is 34.1 Å². The molecule has 9 heteroatoms. The van der Waals surface area contributed by atoms with Crippen LogP contribution in [0.2, 0.25) is 0 Å². The fourth-order valence-electron chi connectivity index (χ4n) is 3.82. The average Bonchev–Trinajstić information content (AvgIpc) is 3.25. The number of aryl methyl sites for hydroxylation is 3. The summed E-state index contributed by atoms with van der Waals surface area (Å²) in [6, 6.07) is 3.37. The number of rotatable bonds is 5. The maximum Gasteiger partial charge on any atom is 0.266 e. The molecule has 0 aromatic carbocycles. The van der Waals surface area contributed by atoms with Gasteiger partial charge in [-0.05, 0) is 26.0 Å². The summed E-state index contributed by atoms with van der Waals surface area (Å²) >= 11 is 1.45. The number of amides is 2. The van der Waals surface area contributed by atoms with E-state index in [2.05, 4.69) is 20.4 Å². The summed E-state index contributed by atoms with van der Waals surface area (Å²) in [7, 11) is 1.94. The lowest BCUT2D eigenvalue weighted by Gasteiger charge is -2.27. The molecule has 0 saturated carbocycles. The molecule has 4 rings (SSSR count). The van der Waals surface area contributed by atoms with Crippen LogP contribution in [0, 0.1) is 13.8 Å². The lowest BCUT2D eigenvalue weighted by Crippen LogP contribution is -2.36. The van der Waals surface area contributed by atoms with Crippen LogP contribution >= 0.6 is 11.3 Å². The van der Waals surface area contributed by atoms with Gasteiger partial charge in [-0.3, -0.25) is 19.3 Å². The predicted molar refractivity (Wildman–Crippen MR) is 114 cm³/mol. The second kappa shape index (κ2) is 8.35. The van der Waals surface area contributed by atoms with E-state index in [1.54, 1.807) is 24.5 Å². The van der Waals surface area contributed by atoms with Crippen LogP contribution in [0.3, 0.4) is 0 Å². The second-order valence-corrected chi connectivity index (χ2v) is 8.56. The van der Waals surface area contributed by atoms with E-state index in [1.807, 2.05) is 30.5 Å². The van der Waals surface area contributed by atoms with E-state index in [0.29, 0.717) is 36.5 Å². The van der Waals surface area contributed by atoms with Gasteiger partial charge in [0.05, 0.1) is 16.4 Å². The molecule has 3 aromatic rings. The molecule has 1 N–H and O–H groups in total. The highest BCUT2D eigenvalue weighted by atomic mass is 32.1. The third-order valence-corrected chi connectivity index (χ3v) is 6.36. The van der Waals surface area contributed by atoms with Gasteiger partial charge in [-0.25, -0.2) is 4.98 Å². The summed E-state index contributed by atoms with van der Waals surface area (Å²) in [5.74, 6) is -0.0976. The number of hydrogen-bond acceptors (Lipinski definition) is 6. The first-order valence-electron chi connectivity index (χ1n) is 9.89. The lowest BCUT2D eigenvalue weighted by atomic mass is 10.0. The van der Waals surface area contributed by atoms with Crippen molar-refractivity contribution in [2.24, 2.45) is 7.05 Å². The molecule has 3 aromatic heterocycles. The molecule has 30 heavy (non-hydrogen) atoms. The Hall–Kier alpha value is -3.07. The van der Waals surface area contributed by atoms with Gasteiger partial charge < -0.3 is 10.2 Å². The van der Waals surface area contributed by atoms with Gasteiger partial charge in [0.1, 0.15) is 4.88 Å². The zero-order valence-electron chi connectivity index (χ0n) is 17.3. The Kier molecular flexibility index (Phi) is 5.63. The zero-order chi connectivity index (χ0) is 21.3. The molecule has 1 aliphatic heterocycles. The van der Waals surface area contributed by atoms with Gasteiger partial charge in [0.15, 0.2) is 0 Å². The largest absolute Gasteiger partial charge is 0.352 e. The molecule has 0 spiro atoms. The normalized spacial score (nSPS) is 13.2. The van der Waals surface area contributed by atoms with E-state index in [4.69, 9.17) is 0 Å². The van der Waals surface area contributed by atoms with Crippen LogP contribution in [0.1, 0.15) is 47.7 Å². The van der Waals surface area contributed by atoms with Crippen molar-refractivity contribution in [1.82, 2.24) is 30.0 Å². The molecule has 4 heterocycles. The van der Waals surface area contributed by atoms with E-state index in [1.165, 1.54) is 11.3 Å². The first kappa shape index (κ1) is 20.2. The third-order valence-electron chi connectivity index (χ3n) is 5.30. The smallest absolute Gasteiger partial charge is 0.266 e. The molecule has 0 radical (unpaired) electrons. The predicted octanol–water partition coefficient (Wildman–Crippen LogP) is 2.06. The molecular formula is C21H24N6O2S. The Bertz CT molecular complexity index is 1090. The standard InChI is InChI=1S/C21H24N6O2S/c1-13-19(30-14(2)24-13)21(29)27-11-7-18-16(12-27)17(25-26(18)3)6-10-23-20(28)15-4-8-22-9-5-15/h4-5,8-9H,6-7,10-12H2,1-3H3,(H,23,28). The minimum atomic E-state index is -0.130. The number of nitrogens with one attached hydrogen (secondary N) is 1. The van der Waals surface area contributed by atoms with Gasteiger partial charge in [0.25, 0.3) is 11.8 Å². The fraction of sp³-hybridized carbons (Fsp3) is 0.381. The van der Waals surface area contributed by atoms with E-state index in [-0.39, 0.29) is 11.8 Å². The van der Waals surface area contributed by atoms with Crippen molar-refractivity contribution in [2.75, 3.05) is 13.1 Å². The van der Waals surface area contributed by atoms with Crippen LogP contribution in [0.15, 0.2) is 24.5 Å². The average molecular weight is 425 g/mol. The summed E-state index contributed by atoms with van der Waals surface area (Å²) in [6.45, 7) is 5.48. The summed E-state index contributed by atoms with van der Waals surface area (Å²) in [5.41, 5.74) is 4.55. The summed E-state index contributed by atoms with van der Waals surface area (Å²) in [5, 5.41) is 8.49. The highest BCUT2D eigenvalue weighted by Crippen LogP contribution is 2.26. The first-order valence-corrected chi connectivity index (χ1v) is 10.7. The molecule has 0 saturated heterocycles. The molecule has 0 unspecified atom stereocenters. The van der Waals surface area contributed by atoms with Crippen LogP contribution in [0.25, 0.3) is 0 Å². The topological polar surface area (TPSA) is 93.0 Å². The Morgan fingerprint density at radius 3 is 2.70 bits per heavy atom. The molecule has 0 atom stereocenters. The zero-order valence-corrected chi connectivity index (χ0v) is 18.1. The Morgan fingerprint density at radius 2 is 2.00 bits per heavy atom. The van der Waals surface area contributed by atoms with Crippen molar-refractivity contribution in [1.29, 1.82) is 0 Å². The Labute approximate surface area is 179 Å². The maximum atomic E-state index is 13.0. The Balaban J connectivity index is 1.44. The van der Waals surface area contributed by atoms with Crippen molar-refractivity contribution in [3.8, 4) is 0 Å². The SMILES string of the molecule is Cc1nc(C)c(C(=O)N2CCc3c(c(CCNC(=O)c4ccncc4)nn3C)C2)s1. The van der Waals surface area contributed by atoms with Crippen LogP contribution in [-0.4, -0.2) is 49.6 Å². The van der Waals surface area contributed by atoms with Gasteiger partial charge >= 0.3 is 0 Å². The summed E-state index contributed by atoms with van der Waals surface area (Å²) in [4.78, 5) is 36.2. The molecule has 156 valence electrons. The number of carbonyl (C=O) groups excluding carboxylic acids is 2.